The van der Waals surface area contributed by atoms with E-state index in [9.17, 15) is 9.59 Å². The smallest absolute Gasteiger partial charge is 0.262 e. The summed E-state index contributed by atoms with van der Waals surface area (Å²) in [7, 11) is 0. The van der Waals surface area contributed by atoms with Gasteiger partial charge in [0.1, 0.15) is 5.75 Å². The minimum absolute atomic E-state index is 0.220. The molecule has 1 heterocycles. The molecule has 1 aliphatic heterocycles. The van der Waals surface area contributed by atoms with E-state index in [4.69, 9.17) is 4.74 Å². The zero-order valence-corrected chi connectivity index (χ0v) is 7.37. The number of benzene rings is 1. The molecule has 0 spiro atoms. The third-order valence-electron chi connectivity index (χ3n) is 1.98. The second-order valence-corrected chi connectivity index (χ2v) is 2.81. The quantitative estimate of drug-likeness (QED) is 0.701. The highest BCUT2D eigenvalue weighted by molar-refractivity contribution is 6.22. The van der Waals surface area contributed by atoms with Crippen molar-refractivity contribution >= 4 is 11.8 Å². The molecule has 1 aliphatic rings. The van der Waals surface area contributed by atoms with Crippen LogP contribution in [0.3, 0.4) is 0 Å². The van der Waals surface area contributed by atoms with Crippen molar-refractivity contribution in [1.82, 2.24) is 5.32 Å². The lowest BCUT2D eigenvalue weighted by atomic mass is 10.1. The van der Waals surface area contributed by atoms with Crippen LogP contribution in [0, 0.1) is 6.92 Å². The Labute approximate surface area is 80.9 Å². The van der Waals surface area contributed by atoms with Gasteiger partial charge in [0.25, 0.3) is 11.8 Å². The van der Waals surface area contributed by atoms with Crippen molar-refractivity contribution in [3.8, 4) is 5.75 Å². The molecule has 1 N–H and O–H groups in total. The van der Waals surface area contributed by atoms with E-state index >= 15 is 0 Å². The van der Waals surface area contributed by atoms with Crippen molar-refractivity contribution < 1.29 is 14.3 Å². The Bertz CT molecular complexity index is 412. The number of hydrogen-bond donors (Lipinski definition) is 1. The van der Waals surface area contributed by atoms with Gasteiger partial charge in [0.2, 0.25) is 0 Å². The molecule has 0 bridgehead atoms. The normalized spacial score (nSPS) is 13.8. The fourth-order valence-corrected chi connectivity index (χ4v) is 1.42. The lowest BCUT2D eigenvalue weighted by Crippen LogP contribution is -2.20. The van der Waals surface area contributed by atoms with Crippen LogP contribution in [0.5, 0.6) is 5.75 Å². The van der Waals surface area contributed by atoms with Gasteiger partial charge < -0.3 is 4.74 Å². The molecule has 2 amide bonds. The molecule has 0 aliphatic carbocycles. The molecule has 14 heavy (non-hydrogen) atoms. The number of hydrogen-bond acceptors (Lipinski definition) is 3. The van der Waals surface area contributed by atoms with E-state index in [0.29, 0.717) is 16.9 Å². The standard InChI is InChI=1S/C10H8NO3/c1-2-14-7-5-3-4-6-8(7)10(13)11-9(6)12/h3-5H,1-2H2,(H,11,12,13). The molecule has 71 valence electrons. The molecule has 1 radical (unpaired) electrons. The summed E-state index contributed by atoms with van der Waals surface area (Å²) in [5.41, 5.74) is 0.669. The monoisotopic (exact) mass is 190 g/mol. The van der Waals surface area contributed by atoms with Crippen molar-refractivity contribution in [2.24, 2.45) is 0 Å². The average molecular weight is 190 g/mol. The highest BCUT2D eigenvalue weighted by Gasteiger charge is 2.29. The second kappa shape index (κ2) is 3.14. The minimum atomic E-state index is -0.408. The summed E-state index contributed by atoms with van der Waals surface area (Å²) in [6.07, 6.45) is 0. The Morgan fingerprint density at radius 1 is 1.29 bits per heavy atom. The average Bonchev–Trinajstić information content (AvgIpc) is 2.44. The van der Waals surface area contributed by atoms with Crippen LogP contribution >= 0.6 is 0 Å². The number of imide groups is 1. The first-order valence-electron chi connectivity index (χ1n) is 4.15. The Morgan fingerprint density at radius 2 is 2.07 bits per heavy atom. The maximum atomic E-state index is 11.3. The van der Waals surface area contributed by atoms with Gasteiger partial charge in [-0.15, -0.1) is 0 Å². The number of amides is 2. The minimum Gasteiger partial charge on any atom is -0.493 e. The fraction of sp³-hybridized carbons (Fsp3) is 0.100. The zero-order chi connectivity index (χ0) is 10.1. The summed E-state index contributed by atoms with van der Waals surface area (Å²) in [5.74, 6) is -0.380. The Balaban J connectivity index is 2.56. The molecule has 1 aromatic carbocycles. The van der Waals surface area contributed by atoms with Gasteiger partial charge in [0.05, 0.1) is 17.7 Å². The second-order valence-electron chi connectivity index (χ2n) is 2.81. The van der Waals surface area contributed by atoms with E-state index in [1.807, 2.05) is 0 Å². The SMILES string of the molecule is [CH2]COc1cccc2c1C(=O)NC2=O. The molecule has 0 atom stereocenters. The van der Waals surface area contributed by atoms with E-state index in [2.05, 4.69) is 12.2 Å². The Morgan fingerprint density at radius 3 is 2.79 bits per heavy atom. The van der Waals surface area contributed by atoms with E-state index in [-0.39, 0.29) is 12.5 Å². The first kappa shape index (κ1) is 8.74. The van der Waals surface area contributed by atoms with Crippen LogP contribution in [0.15, 0.2) is 18.2 Å². The first-order chi connectivity index (χ1) is 6.74. The van der Waals surface area contributed by atoms with Crippen LogP contribution in [-0.2, 0) is 0 Å². The summed E-state index contributed by atoms with van der Waals surface area (Å²) >= 11 is 0. The summed E-state index contributed by atoms with van der Waals surface area (Å²) in [5, 5.41) is 2.20. The molecule has 2 rings (SSSR count). The van der Waals surface area contributed by atoms with Gasteiger partial charge in [0.15, 0.2) is 0 Å². The summed E-state index contributed by atoms with van der Waals surface area (Å²) in [6, 6.07) is 4.90. The Hall–Kier alpha value is -1.84. The van der Waals surface area contributed by atoms with Gasteiger partial charge in [-0.25, -0.2) is 0 Å². The van der Waals surface area contributed by atoms with Crippen molar-refractivity contribution in [2.75, 3.05) is 6.61 Å². The maximum Gasteiger partial charge on any atom is 0.262 e. The summed E-state index contributed by atoms with van der Waals surface area (Å²) in [4.78, 5) is 22.6. The largest absolute Gasteiger partial charge is 0.493 e. The van der Waals surface area contributed by atoms with Crippen LogP contribution in [0.4, 0.5) is 0 Å². The predicted octanol–water partition coefficient (Wildman–Crippen LogP) is 0.783. The highest BCUT2D eigenvalue weighted by atomic mass is 16.5. The van der Waals surface area contributed by atoms with Crippen LogP contribution in [0.1, 0.15) is 20.7 Å². The molecule has 0 fully saturated rings. The molecule has 0 saturated carbocycles. The van der Waals surface area contributed by atoms with E-state index < -0.39 is 5.91 Å². The van der Waals surface area contributed by atoms with E-state index in [1.54, 1.807) is 18.2 Å². The van der Waals surface area contributed by atoms with Crippen molar-refractivity contribution in [1.29, 1.82) is 0 Å². The van der Waals surface area contributed by atoms with Gasteiger partial charge in [0, 0.05) is 0 Å². The fourth-order valence-electron chi connectivity index (χ4n) is 1.42. The molecule has 0 aromatic heterocycles. The first-order valence-corrected chi connectivity index (χ1v) is 4.15. The number of fused-ring (bicyclic) bond motifs is 1. The van der Waals surface area contributed by atoms with Gasteiger partial charge in [-0.3, -0.25) is 14.9 Å². The molecule has 4 nitrogen and oxygen atoms in total. The molecule has 0 saturated heterocycles. The Kier molecular flexibility index (Phi) is 1.96. The highest BCUT2D eigenvalue weighted by Crippen LogP contribution is 2.25. The number of carbonyl (C=O) groups excluding carboxylic acids is 2. The topological polar surface area (TPSA) is 55.4 Å². The van der Waals surface area contributed by atoms with Gasteiger partial charge in [-0.2, -0.15) is 0 Å². The van der Waals surface area contributed by atoms with Crippen LogP contribution < -0.4 is 10.1 Å². The lowest BCUT2D eigenvalue weighted by Gasteiger charge is -2.05. The van der Waals surface area contributed by atoms with Crippen molar-refractivity contribution in [3.63, 3.8) is 0 Å². The lowest BCUT2D eigenvalue weighted by molar-refractivity contribution is 0.0879. The van der Waals surface area contributed by atoms with E-state index in [0.717, 1.165) is 0 Å². The maximum absolute atomic E-state index is 11.3. The summed E-state index contributed by atoms with van der Waals surface area (Å²) < 4.78 is 5.14. The van der Waals surface area contributed by atoms with Crippen LogP contribution in [0.2, 0.25) is 0 Å². The molecular formula is C10H8NO3. The molecule has 1 aromatic rings. The third kappa shape index (κ3) is 1.16. The number of rotatable bonds is 2. The van der Waals surface area contributed by atoms with Gasteiger partial charge in [-0.05, 0) is 19.1 Å². The number of ether oxygens (including phenoxy) is 1. The van der Waals surface area contributed by atoms with Gasteiger partial charge in [-0.1, -0.05) is 6.07 Å². The van der Waals surface area contributed by atoms with Crippen molar-refractivity contribution in [2.45, 2.75) is 0 Å². The third-order valence-corrected chi connectivity index (χ3v) is 1.98. The molecule has 0 unspecified atom stereocenters. The number of nitrogens with one attached hydrogen (secondary N) is 1. The van der Waals surface area contributed by atoms with Crippen molar-refractivity contribution in [3.05, 3.63) is 36.2 Å². The van der Waals surface area contributed by atoms with Crippen LogP contribution in [0.25, 0.3) is 0 Å². The number of carbonyl (C=O) groups is 2. The molecule has 4 heteroatoms. The molecular weight excluding hydrogens is 182 g/mol. The predicted molar refractivity (Wildman–Crippen MR) is 49.1 cm³/mol. The van der Waals surface area contributed by atoms with Crippen LogP contribution in [-0.4, -0.2) is 18.4 Å². The van der Waals surface area contributed by atoms with Gasteiger partial charge >= 0.3 is 0 Å². The zero-order valence-electron chi connectivity index (χ0n) is 7.37. The summed E-state index contributed by atoms with van der Waals surface area (Å²) in [6.45, 7) is 3.73. The van der Waals surface area contributed by atoms with E-state index in [1.165, 1.54) is 0 Å².